The molecule has 1 aliphatic heterocycles. The Kier molecular flexibility index (Phi) is 3.12. The molecular formula is C12H14N4O3. The normalized spacial score (nSPS) is 21.9. The summed E-state index contributed by atoms with van der Waals surface area (Å²) in [7, 11) is 0. The second-order valence-electron chi connectivity index (χ2n) is 4.38. The molecule has 7 heteroatoms. The number of aliphatic hydroxyl groups excluding tert-OH is 1. The molecule has 0 saturated carbocycles. The van der Waals surface area contributed by atoms with Crippen LogP contribution in [0, 0.1) is 5.92 Å². The number of hydrogen-bond acceptors (Lipinski definition) is 5. The predicted molar refractivity (Wildman–Crippen MR) is 67.8 cm³/mol. The number of aliphatic hydroxyl groups is 1. The van der Waals surface area contributed by atoms with Crippen LogP contribution in [-0.4, -0.2) is 33.0 Å². The van der Waals surface area contributed by atoms with Gasteiger partial charge in [-0.25, -0.2) is 9.78 Å². The molecule has 0 radical (unpaired) electrons. The van der Waals surface area contributed by atoms with E-state index in [1.165, 1.54) is 6.20 Å². The number of hydrogen-bond donors (Lipinski definition) is 3. The number of β-lactam (4-membered cyclic amide) rings is 1. The van der Waals surface area contributed by atoms with Crippen LogP contribution in [0.2, 0.25) is 0 Å². The van der Waals surface area contributed by atoms with Gasteiger partial charge in [0.15, 0.2) is 0 Å². The third-order valence-electron chi connectivity index (χ3n) is 3.09. The Morgan fingerprint density at radius 3 is 2.79 bits per heavy atom. The maximum absolute atomic E-state index is 11.8. The number of nitrogens with zero attached hydrogens (tertiary/aromatic N) is 2. The van der Waals surface area contributed by atoms with Gasteiger partial charge in [-0.2, -0.15) is 0 Å². The first-order chi connectivity index (χ1) is 8.91. The molecule has 0 aromatic carbocycles. The first-order valence-corrected chi connectivity index (χ1v) is 5.62. The number of carbonyl (C=O) groups excluding carboxylic acids is 2. The van der Waals surface area contributed by atoms with E-state index in [1.54, 1.807) is 12.1 Å². The molecule has 0 spiro atoms. The van der Waals surface area contributed by atoms with E-state index in [2.05, 4.69) is 11.6 Å². The zero-order valence-electron chi connectivity index (χ0n) is 10.1. The van der Waals surface area contributed by atoms with E-state index in [1.807, 2.05) is 0 Å². The van der Waals surface area contributed by atoms with Crippen molar-refractivity contribution in [3.05, 3.63) is 36.2 Å². The van der Waals surface area contributed by atoms with Gasteiger partial charge in [-0.3, -0.25) is 9.69 Å². The number of nitrogen functional groups attached to an aromatic ring is 1. The minimum Gasteiger partial charge on any atom is -0.511 e. The Morgan fingerprint density at radius 2 is 2.26 bits per heavy atom. The number of imide groups is 1. The maximum Gasteiger partial charge on any atom is 0.322 e. The third-order valence-corrected chi connectivity index (χ3v) is 3.09. The lowest BCUT2D eigenvalue weighted by molar-refractivity contribution is -0.149. The number of likely N-dealkylation sites (tertiary alicyclic amines) is 1. The number of urea groups is 1. The van der Waals surface area contributed by atoms with Crippen molar-refractivity contribution < 1.29 is 14.7 Å². The Balaban J connectivity index is 2.19. The molecule has 1 aromatic heterocycles. The highest BCUT2D eigenvalue weighted by molar-refractivity contribution is 6.01. The van der Waals surface area contributed by atoms with Gasteiger partial charge >= 0.3 is 6.03 Å². The fourth-order valence-electron chi connectivity index (χ4n) is 2.25. The zero-order valence-corrected chi connectivity index (χ0v) is 10.1. The van der Waals surface area contributed by atoms with Gasteiger partial charge in [-0.15, -0.1) is 0 Å². The minimum absolute atomic E-state index is 0.259. The molecule has 0 bridgehead atoms. The minimum atomic E-state index is -0.893. The van der Waals surface area contributed by atoms with Crippen molar-refractivity contribution in [2.24, 2.45) is 11.7 Å². The molecule has 3 amide bonds. The second kappa shape index (κ2) is 4.60. The number of rotatable bonds is 3. The lowest BCUT2D eigenvalue weighted by Crippen LogP contribution is -2.65. The van der Waals surface area contributed by atoms with E-state index < -0.39 is 23.9 Å². The van der Waals surface area contributed by atoms with Crippen molar-refractivity contribution in [2.75, 3.05) is 5.73 Å². The van der Waals surface area contributed by atoms with Crippen LogP contribution in [0.5, 0.6) is 0 Å². The maximum atomic E-state index is 11.8. The van der Waals surface area contributed by atoms with Crippen LogP contribution in [-0.2, 0) is 11.2 Å². The number of amides is 3. The molecule has 1 aromatic rings. The summed E-state index contributed by atoms with van der Waals surface area (Å²) in [6.07, 6.45) is 1.86. The molecule has 1 fully saturated rings. The fourth-order valence-corrected chi connectivity index (χ4v) is 2.25. The summed E-state index contributed by atoms with van der Waals surface area (Å²) in [4.78, 5) is 27.6. The van der Waals surface area contributed by atoms with Crippen molar-refractivity contribution in [2.45, 2.75) is 12.5 Å². The molecule has 2 heterocycles. The van der Waals surface area contributed by atoms with Gasteiger partial charge in [-0.05, 0) is 24.1 Å². The fraction of sp³-hybridized carbons (Fsp3) is 0.250. The van der Waals surface area contributed by atoms with Gasteiger partial charge in [-0.1, -0.05) is 6.58 Å². The average Bonchev–Trinajstić information content (AvgIpc) is 2.31. The van der Waals surface area contributed by atoms with Crippen molar-refractivity contribution in [1.29, 1.82) is 0 Å². The largest absolute Gasteiger partial charge is 0.511 e. The summed E-state index contributed by atoms with van der Waals surface area (Å²) in [5.74, 6) is -0.907. The van der Waals surface area contributed by atoms with Crippen molar-refractivity contribution in [3.8, 4) is 0 Å². The molecule has 1 aliphatic rings. The summed E-state index contributed by atoms with van der Waals surface area (Å²) in [5.41, 5.74) is 11.4. The lowest BCUT2D eigenvalue weighted by Gasteiger charge is -2.44. The van der Waals surface area contributed by atoms with Crippen LogP contribution < -0.4 is 11.5 Å². The Morgan fingerprint density at radius 1 is 1.58 bits per heavy atom. The SMILES string of the molecule is C=C(O)C1[C@@H](Cc2ccnc(N)c2)C(=O)N1C(N)=O. The molecule has 7 nitrogen and oxygen atoms in total. The summed E-state index contributed by atoms with van der Waals surface area (Å²) in [5, 5.41) is 9.48. The topological polar surface area (TPSA) is 123 Å². The van der Waals surface area contributed by atoms with E-state index in [0.29, 0.717) is 12.2 Å². The summed E-state index contributed by atoms with van der Waals surface area (Å²) >= 11 is 0. The Bertz CT molecular complexity index is 558. The number of anilines is 1. The van der Waals surface area contributed by atoms with Crippen molar-refractivity contribution in [3.63, 3.8) is 0 Å². The molecule has 1 saturated heterocycles. The average molecular weight is 262 g/mol. The van der Waals surface area contributed by atoms with Gasteiger partial charge in [0.25, 0.3) is 0 Å². The molecular weight excluding hydrogens is 248 g/mol. The quantitative estimate of drug-likeness (QED) is 0.530. The van der Waals surface area contributed by atoms with Gasteiger partial charge in [0.05, 0.1) is 5.92 Å². The van der Waals surface area contributed by atoms with E-state index in [-0.39, 0.29) is 5.76 Å². The van der Waals surface area contributed by atoms with Gasteiger partial charge < -0.3 is 16.6 Å². The van der Waals surface area contributed by atoms with Crippen LogP contribution in [0.4, 0.5) is 10.6 Å². The second-order valence-corrected chi connectivity index (χ2v) is 4.38. The van der Waals surface area contributed by atoms with Crippen LogP contribution >= 0.6 is 0 Å². The predicted octanol–water partition coefficient (Wildman–Crippen LogP) is 0.184. The molecule has 2 rings (SSSR count). The Labute approximate surface area is 109 Å². The van der Waals surface area contributed by atoms with E-state index in [9.17, 15) is 14.7 Å². The van der Waals surface area contributed by atoms with Gasteiger partial charge in [0, 0.05) is 6.20 Å². The van der Waals surface area contributed by atoms with E-state index in [4.69, 9.17) is 11.5 Å². The van der Waals surface area contributed by atoms with E-state index in [0.717, 1.165) is 10.5 Å². The first kappa shape index (κ1) is 12.9. The zero-order chi connectivity index (χ0) is 14.2. The van der Waals surface area contributed by atoms with Crippen molar-refractivity contribution >= 4 is 17.8 Å². The number of pyridine rings is 1. The Hall–Kier alpha value is -2.57. The molecule has 1 unspecified atom stereocenters. The summed E-state index contributed by atoms with van der Waals surface area (Å²) in [6, 6.07) is 1.68. The number of primary amides is 1. The molecule has 0 aliphatic carbocycles. The lowest BCUT2D eigenvalue weighted by atomic mass is 9.82. The number of carbonyl (C=O) groups is 2. The van der Waals surface area contributed by atoms with Crippen LogP contribution in [0.3, 0.4) is 0 Å². The summed E-state index contributed by atoms with van der Waals surface area (Å²) < 4.78 is 0. The smallest absolute Gasteiger partial charge is 0.322 e. The van der Waals surface area contributed by atoms with Crippen molar-refractivity contribution in [1.82, 2.24) is 9.88 Å². The molecule has 19 heavy (non-hydrogen) atoms. The first-order valence-electron chi connectivity index (χ1n) is 5.62. The standard InChI is InChI=1S/C12H14N4O3/c1-6(17)10-8(11(18)16(10)12(14)19)4-7-2-3-15-9(13)5-7/h2-3,5,8,10,17H,1,4H2,(H2,13,15)(H2,14,19)/t8-,10?/m1/s1. The monoisotopic (exact) mass is 262 g/mol. The third kappa shape index (κ3) is 2.22. The van der Waals surface area contributed by atoms with Crippen LogP contribution in [0.25, 0.3) is 0 Å². The number of nitrogens with two attached hydrogens (primary N) is 2. The van der Waals surface area contributed by atoms with Gasteiger partial charge in [0.2, 0.25) is 5.91 Å². The highest BCUT2D eigenvalue weighted by Crippen LogP contribution is 2.33. The van der Waals surface area contributed by atoms with Crippen LogP contribution in [0.1, 0.15) is 5.56 Å². The summed E-state index contributed by atoms with van der Waals surface area (Å²) in [6.45, 7) is 3.37. The molecule has 2 atom stereocenters. The highest BCUT2D eigenvalue weighted by Gasteiger charge is 2.51. The van der Waals surface area contributed by atoms with Crippen LogP contribution in [0.15, 0.2) is 30.7 Å². The highest BCUT2D eigenvalue weighted by atomic mass is 16.3. The van der Waals surface area contributed by atoms with Gasteiger partial charge in [0.1, 0.15) is 17.6 Å². The number of aromatic nitrogens is 1. The van der Waals surface area contributed by atoms with E-state index >= 15 is 0 Å². The molecule has 100 valence electrons. The molecule has 5 N–H and O–H groups in total.